The lowest BCUT2D eigenvalue weighted by molar-refractivity contribution is -0.259. The van der Waals surface area contributed by atoms with Gasteiger partial charge in [-0.2, -0.15) is 30.4 Å². The Kier molecular flexibility index (Phi) is 21.9. The van der Waals surface area contributed by atoms with Crippen LogP contribution in [0.3, 0.4) is 0 Å². The highest BCUT2D eigenvalue weighted by Crippen LogP contribution is 2.38. The number of rotatable bonds is 29. The first kappa shape index (κ1) is 51.9. The molecule has 0 rings (SSSR count). The van der Waals surface area contributed by atoms with Crippen molar-refractivity contribution in [2.75, 3.05) is 26.9 Å². The van der Waals surface area contributed by atoms with Gasteiger partial charge in [0, 0.05) is 20.1 Å². The predicted octanol–water partition coefficient (Wildman–Crippen LogP) is 9.09. The van der Waals surface area contributed by atoms with Gasteiger partial charge in [-0.1, -0.05) is 44.9 Å². The Bertz CT molecular complexity index is 1160. The lowest BCUT2D eigenvalue weighted by Gasteiger charge is -2.44. The Hall–Kier alpha value is -0.126. The third-order valence-electron chi connectivity index (χ3n) is 7.28. The van der Waals surface area contributed by atoms with E-state index in [1.807, 2.05) is 0 Å². The molecule has 0 bridgehead atoms. The van der Waals surface area contributed by atoms with Gasteiger partial charge in [-0.05, 0) is 90.4 Å². The summed E-state index contributed by atoms with van der Waals surface area (Å²) in [5.74, 6) is -1.63. The summed E-state index contributed by atoms with van der Waals surface area (Å²) < 4.78 is 138. The van der Waals surface area contributed by atoms with E-state index in [2.05, 4.69) is 70.2 Å². The Morgan fingerprint density at radius 2 is 1.10 bits per heavy atom. The van der Waals surface area contributed by atoms with Crippen molar-refractivity contribution in [3.63, 3.8) is 0 Å². The maximum Gasteiger partial charge on any atom is 0.432 e. The van der Waals surface area contributed by atoms with Gasteiger partial charge in [-0.3, -0.25) is 9.35 Å². The summed E-state index contributed by atoms with van der Waals surface area (Å²) >= 11 is 0. The van der Waals surface area contributed by atoms with E-state index in [-0.39, 0.29) is 6.42 Å². The number of halogens is 5. The van der Waals surface area contributed by atoms with Crippen LogP contribution < -0.4 is 0 Å². The third kappa shape index (κ3) is 23.1. The van der Waals surface area contributed by atoms with Crippen molar-refractivity contribution in [1.82, 2.24) is 0 Å². The molecule has 0 saturated carbocycles. The Morgan fingerprint density at radius 3 is 1.56 bits per heavy atom. The first-order valence-corrected chi connectivity index (χ1v) is 34.0. The second kappa shape index (κ2) is 22.0. The normalized spacial score (nSPS) is 16.7. The number of ether oxygens (including phenoxy) is 3. The SMILES string of the molecule is COCCOCCC[Si](C)(O[Si](C)(C)O[Si](C)(C)C)O[Si](C)(CCCCCCCCCCC(=O)OC(C(F)(F)F)C(F)(F)S(=O)(=O)O)O[Si](C)(C)C. The van der Waals surface area contributed by atoms with Crippen molar-refractivity contribution in [2.45, 2.75) is 159 Å². The fraction of sp³-hybridized carbons (Fsp3) is 0.967. The molecule has 312 valence electrons. The minimum atomic E-state index is -6.47. The van der Waals surface area contributed by atoms with Crippen LogP contribution in [0.4, 0.5) is 22.0 Å². The Labute approximate surface area is 314 Å². The van der Waals surface area contributed by atoms with Gasteiger partial charge in [-0.15, -0.1) is 0 Å². The summed E-state index contributed by atoms with van der Waals surface area (Å²) in [7, 11) is -16.7. The molecule has 52 heavy (non-hydrogen) atoms. The smallest absolute Gasteiger partial charge is 0.432 e. The lowest BCUT2D eigenvalue weighted by Crippen LogP contribution is -2.60. The van der Waals surface area contributed by atoms with E-state index < -0.39 is 82.4 Å². The molecule has 0 amide bonds. The Morgan fingerprint density at radius 1 is 0.635 bits per heavy atom. The molecule has 0 aromatic carbocycles. The molecule has 1 N–H and O–H groups in total. The maximum absolute atomic E-state index is 13.6. The number of carbonyl (C=O) groups excluding carboxylic acids is 1. The fourth-order valence-electron chi connectivity index (χ4n) is 5.80. The molecule has 0 aromatic heterocycles. The van der Waals surface area contributed by atoms with Crippen LogP contribution >= 0.6 is 0 Å². The van der Waals surface area contributed by atoms with E-state index in [1.165, 1.54) is 0 Å². The van der Waals surface area contributed by atoms with Gasteiger partial charge in [0.15, 0.2) is 16.6 Å². The zero-order valence-corrected chi connectivity index (χ0v) is 38.8. The highest BCUT2D eigenvalue weighted by molar-refractivity contribution is 7.86. The van der Waals surface area contributed by atoms with Crippen LogP contribution in [-0.2, 0) is 45.6 Å². The molecule has 0 aromatic rings. The van der Waals surface area contributed by atoms with Crippen LogP contribution in [0.1, 0.15) is 64.2 Å². The Balaban J connectivity index is 5.12. The first-order valence-electron chi connectivity index (χ1n) is 17.9. The highest BCUT2D eigenvalue weighted by atomic mass is 32.2. The van der Waals surface area contributed by atoms with E-state index in [0.29, 0.717) is 32.7 Å². The average molecular weight is 869 g/mol. The van der Waals surface area contributed by atoms with Crippen molar-refractivity contribution in [2.24, 2.45) is 0 Å². The van der Waals surface area contributed by atoms with Crippen LogP contribution in [0.2, 0.25) is 77.6 Å². The van der Waals surface area contributed by atoms with Crippen LogP contribution in [0.15, 0.2) is 0 Å². The lowest BCUT2D eigenvalue weighted by atomic mass is 10.1. The van der Waals surface area contributed by atoms with Crippen molar-refractivity contribution in [1.29, 1.82) is 0 Å². The van der Waals surface area contributed by atoms with Gasteiger partial charge >= 0.3 is 53.2 Å². The number of unbranched alkanes of at least 4 members (excludes halogenated alkanes) is 7. The van der Waals surface area contributed by atoms with E-state index in [0.717, 1.165) is 50.6 Å². The van der Waals surface area contributed by atoms with Crippen molar-refractivity contribution < 1.29 is 70.4 Å². The van der Waals surface area contributed by atoms with Crippen LogP contribution in [0, 0.1) is 0 Å². The van der Waals surface area contributed by atoms with Crippen molar-refractivity contribution in [3.05, 3.63) is 0 Å². The molecule has 0 radical (unpaired) electrons. The van der Waals surface area contributed by atoms with Crippen LogP contribution in [0.25, 0.3) is 0 Å². The summed E-state index contributed by atoms with van der Waals surface area (Å²) in [6.45, 7) is 23.0. The minimum Gasteiger partial charge on any atom is -0.445 e. The number of hydrogen-bond donors (Lipinski definition) is 1. The number of carbonyl (C=O) groups is 1. The number of methoxy groups -OCH3 is 1. The van der Waals surface area contributed by atoms with E-state index in [1.54, 1.807) is 7.11 Å². The molecule has 0 saturated heterocycles. The van der Waals surface area contributed by atoms with Crippen molar-refractivity contribution >= 4 is 58.4 Å². The highest BCUT2D eigenvalue weighted by Gasteiger charge is 2.66. The topological polar surface area (TPSA) is 136 Å². The number of alkyl halides is 5. The molecule has 0 heterocycles. The molecule has 0 fully saturated rings. The largest absolute Gasteiger partial charge is 0.445 e. The van der Waals surface area contributed by atoms with Gasteiger partial charge in [0.25, 0.3) is 6.10 Å². The second-order valence-electron chi connectivity index (χ2n) is 15.8. The average Bonchev–Trinajstić information content (AvgIpc) is 2.90. The molecule has 3 atom stereocenters. The van der Waals surface area contributed by atoms with E-state index in [9.17, 15) is 35.2 Å². The third-order valence-corrected chi connectivity index (χ3v) is 26.4. The summed E-state index contributed by atoms with van der Waals surface area (Å²) in [5, 5.41) is -5.73. The summed E-state index contributed by atoms with van der Waals surface area (Å²) in [5.41, 5.74) is 0. The van der Waals surface area contributed by atoms with E-state index in [4.69, 9.17) is 30.5 Å². The molecule has 22 heteroatoms. The molecule has 11 nitrogen and oxygen atoms in total. The summed E-state index contributed by atoms with van der Waals surface area (Å²) in [4.78, 5) is 11.8. The molecule has 0 aliphatic rings. The van der Waals surface area contributed by atoms with Crippen LogP contribution in [0.5, 0.6) is 0 Å². The number of esters is 1. The maximum atomic E-state index is 13.6. The van der Waals surface area contributed by atoms with Gasteiger partial charge < -0.3 is 30.7 Å². The van der Waals surface area contributed by atoms with Crippen molar-refractivity contribution in [3.8, 4) is 0 Å². The van der Waals surface area contributed by atoms with E-state index >= 15 is 0 Å². The predicted molar refractivity (Wildman–Crippen MR) is 203 cm³/mol. The quantitative estimate of drug-likeness (QED) is 0.0254. The molecule has 0 aliphatic carbocycles. The van der Waals surface area contributed by atoms with Gasteiger partial charge in [0.1, 0.15) is 0 Å². The summed E-state index contributed by atoms with van der Waals surface area (Å²) in [6, 6.07) is 1.53. The second-order valence-corrected chi connectivity index (χ2v) is 37.3. The monoisotopic (exact) mass is 868 g/mol. The zero-order chi connectivity index (χ0) is 40.7. The van der Waals surface area contributed by atoms with Crippen LogP contribution in [-0.4, -0.2) is 106 Å². The molecular formula is C30H65F5O11SSi5. The molecule has 0 spiro atoms. The minimum absolute atomic E-state index is 0.0723. The molecule has 3 unspecified atom stereocenters. The van der Waals surface area contributed by atoms with Gasteiger partial charge in [0.05, 0.1) is 13.2 Å². The first-order chi connectivity index (χ1) is 23.4. The number of hydrogen-bond acceptors (Lipinski definition) is 10. The standard InChI is InChI=1S/C30H65F5O11SSi5/c1-40-23-24-41-22-20-26-52(11,45-50(8,9)43-48(2,3)4)46-51(10,44-49(5,6)7)25-19-17-15-13-12-14-16-18-21-27(36)42-28(29(31,32)33)30(34,35)47(37,38)39/h28H,12-26H2,1-11H3,(H,37,38,39). The molecular weight excluding hydrogens is 804 g/mol. The van der Waals surface area contributed by atoms with Gasteiger partial charge in [0.2, 0.25) is 0 Å². The summed E-state index contributed by atoms with van der Waals surface area (Å²) in [6.07, 6.45) is -4.46. The van der Waals surface area contributed by atoms with Gasteiger partial charge in [-0.25, -0.2) is 0 Å². The zero-order valence-electron chi connectivity index (χ0n) is 33.0. The molecule has 0 aliphatic heterocycles. The fourth-order valence-corrected chi connectivity index (χ4v) is 30.1.